The van der Waals surface area contributed by atoms with Crippen LogP contribution in [0.5, 0.6) is 0 Å². The zero-order valence-electron chi connectivity index (χ0n) is 12.0. The van der Waals surface area contributed by atoms with Gasteiger partial charge in [-0.15, -0.1) is 0 Å². The molecule has 1 aromatic carbocycles. The highest BCUT2D eigenvalue weighted by Gasteiger charge is 2.20. The molecule has 1 amide bonds. The molecule has 6 nitrogen and oxygen atoms in total. The molecule has 0 aliphatic rings. The molecule has 0 fully saturated rings. The number of hydrogen-bond acceptors (Lipinski definition) is 4. The molecule has 1 aromatic heterocycles. The van der Waals surface area contributed by atoms with E-state index in [2.05, 4.69) is 21.1 Å². The Hall–Kier alpha value is -2.15. The van der Waals surface area contributed by atoms with Crippen LogP contribution in [0.25, 0.3) is 0 Å². The molecule has 1 N–H and O–H groups in total. The fourth-order valence-electron chi connectivity index (χ4n) is 1.97. The maximum Gasteiger partial charge on any atom is 0.305 e. The summed E-state index contributed by atoms with van der Waals surface area (Å²) in [7, 11) is 0. The van der Waals surface area contributed by atoms with Gasteiger partial charge in [0.1, 0.15) is 5.76 Å². The van der Waals surface area contributed by atoms with Crippen molar-refractivity contribution in [2.45, 2.75) is 19.9 Å². The number of amides is 1. The summed E-state index contributed by atoms with van der Waals surface area (Å²) in [5, 5.41) is 12.5. The number of aliphatic carboxylic acids is 1. The number of hydrogen-bond donors (Lipinski definition) is 1. The lowest BCUT2D eigenvalue weighted by Crippen LogP contribution is -2.32. The molecule has 0 saturated carbocycles. The Bertz CT molecular complexity index is 684. The Labute approximate surface area is 135 Å². The second-order valence-corrected chi connectivity index (χ2v) is 5.74. The van der Waals surface area contributed by atoms with Crippen LogP contribution in [-0.2, 0) is 11.3 Å². The number of carbonyl (C=O) groups is 2. The quantitative estimate of drug-likeness (QED) is 0.849. The Kier molecular flexibility index (Phi) is 5.32. The molecule has 1 heterocycles. The average Bonchev–Trinajstić information content (AvgIpc) is 2.89. The van der Waals surface area contributed by atoms with Crippen molar-refractivity contribution in [2.24, 2.45) is 0 Å². The van der Waals surface area contributed by atoms with Crippen LogP contribution in [0, 0.1) is 6.92 Å². The summed E-state index contributed by atoms with van der Waals surface area (Å²) in [6.45, 7) is 2.10. The van der Waals surface area contributed by atoms with Gasteiger partial charge in [-0.1, -0.05) is 33.2 Å². The topological polar surface area (TPSA) is 83.6 Å². The normalized spacial score (nSPS) is 10.5. The summed E-state index contributed by atoms with van der Waals surface area (Å²) in [6, 6.07) is 9.04. The van der Waals surface area contributed by atoms with Gasteiger partial charge < -0.3 is 14.5 Å². The van der Waals surface area contributed by atoms with E-state index in [-0.39, 0.29) is 24.6 Å². The van der Waals surface area contributed by atoms with Crippen molar-refractivity contribution in [3.63, 3.8) is 0 Å². The van der Waals surface area contributed by atoms with E-state index in [0.717, 1.165) is 10.0 Å². The van der Waals surface area contributed by atoms with Gasteiger partial charge >= 0.3 is 5.97 Å². The van der Waals surface area contributed by atoms with Gasteiger partial charge in [0, 0.05) is 23.6 Å². The average molecular weight is 367 g/mol. The minimum atomic E-state index is -0.955. The number of carbonyl (C=O) groups excluding carboxylic acids is 1. The fourth-order valence-corrected chi connectivity index (χ4v) is 2.41. The molecule has 0 radical (unpaired) electrons. The van der Waals surface area contributed by atoms with Crippen LogP contribution in [0.4, 0.5) is 0 Å². The highest BCUT2D eigenvalue weighted by atomic mass is 79.9. The van der Waals surface area contributed by atoms with Crippen molar-refractivity contribution in [3.05, 3.63) is 51.8 Å². The predicted molar refractivity (Wildman–Crippen MR) is 82.4 cm³/mol. The van der Waals surface area contributed by atoms with E-state index in [4.69, 9.17) is 9.63 Å². The number of carboxylic acid groups (broad SMARTS) is 1. The minimum Gasteiger partial charge on any atom is -0.481 e. The van der Waals surface area contributed by atoms with Crippen molar-refractivity contribution in [1.29, 1.82) is 0 Å². The van der Waals surface area contributed by atoms with E-state index in [9.17, 15) is 9.59 Å². The molecule has 0 bridgehead atoms. The van der Waals surface area contributed by atoms with E-state index >= 15 is 0 Å². The lowest BCUT2D eigenvalue weighted by Gasteiger charge is -2.21. The van der Waals surface area contributed by atoms with Crippen LogP contribution in [0.1, 0.15) is 28.2 Å². The summed E-state index contributed by atoms with van der Waals surface area (Å²) in [5.41, 5.74) is 1.08. The molecule has 0 spiro atoms. The van der Waals surface area contributed by atoms with Gasteiger partial charge in [-0.2, -0.15) is 0 Å². The molecule has 22 heavy (non-hydrogen) atoms. The third kappa shape index (κ3) is 4.42. The number of halogens is 1. The molecule has 7 heteroatoms. The smallest absolute Gasteiger partial charge is 0.305 e. The first-order valence-corrected chi connectivity index (χ1v) is 7.44. The van der Waals surface area contributed by atoms with Crippen molar-refractivity contribution in [3.8, 4) is 0 Å². The van der Waals surface area contributed by atoms with Gasteiger partial charge in [0.25, 0.3) is 5.91 Å². The van der Waals surface area contributed by atoms with Gasteiger partial charge in [-0.05, 0) is 24.6 Å². The first kappa shape index (κ1) is 16.2. The molecule has 0 aliphatic heterocycles. The molecule has 0 atom stereocenters. The summed E-state index contributed by atoms with van der Waals surface area (Å²) >= 11 is 3.37. The Balaban J connectivity index is 2.18. The zero-order chi connectivity index (χ0) is 16.1. The predicted octanol–water partition coefficient (Wildman–Crippen LogP) is 2.86. The van der Waals surface area contributed by atoms with Crippen LogP contribution >= 0.6 is 15.9 Å². The highest BCUT2D eigenvalue weighted by molar-refractivity contribution is 9.10. The summed E-state index contributed by atoms with van der Waals surface area (Å²) in [6.07, 6.45) is -0.128. The lowest BCUT2D eigenvalue weighted by molar-refractivity contribution is -0.137. The summed E-state index contributed by atoms with van der Waals surface area (Å²) in [4.78, 5) is 24.7. The van der Waals surface area contributed by atoms with Crippen LogP contribution in [0.2, 0.25) is 0 Å². The SMILES string of the molecule is Cc1cc(C(=O)N(CCC(=O)O)Cc2cccc(Br)c2)no1. The van der Waals surface area contributed by atoms with Gasteiger partial charge in [0.05, 0.1) is 6.42 Å². The molecule has 0 aliphatic carbocycles. The van der Waals surface area contributed by atoms with Crippen LogP contribution in [0.15, 0.2) is 39.3 Å². The van der Waals surface area contributed by atoms with Crippen LogP contribution in [0.3, 0.4) is 0 Å². The van der Waals surface area contributed by atoms with Crippen molar-refractivity contribution >= 4 is 27.8 Å². The second-order valence-electron chi connectivity index (χ2n) is 4.82. The van der Waals surface area contributed by atoms with E-state index < -0.39 is 5.97 Å². The van der Waals surface area contributed by atoms with Crippen LogP contribution in [-0.4, -0.2) is 33.6 Å². The molecule has 2 rings (SSSR count). The van der Waals surface area contributed by atoms with Gasteiger partial charge in [0.2, 0.25) is 0 Å². The minimum absolute atomic E-state index is 0.104. The molecular formula is C15H15BrN2O4. The zero-order valence-corrected chi connectivity index (χ0v) is 13.5. The monoisotopic (exact) mass is 366 g/mol. The molecular weight excluding hydrogens is 352 g/mol. The Morgan fingerprint density at radius 2 is 2.14 bits per heavy atom. The number of nitrogens with zero attached hydrogens (tertiary/aromatic N) is 2. The van der Waals surface area contributed by atoms with Crippen LogP contribution < -0.4 is 0 Å². The molecule has 0 unspecified atom stereocenters. The fraction of sp³-hybridized carbons (Fsp3) is 0.267. The summed E-state index contributed by atoms with van der Waals surface area (Å²) in [5.74, 6) is -0.773. The number of aryl methyl sites for hydroxylation is 1. The van der Waals surface area contributed by atoms with Crippen molar-refractivity contribution in [2.75, 3.05) is 6.54 Å². The number of benzene rings is 1. The third-order valence-electron chi connectivity index (χ3n) is 2.99. The second kappa shape index (κ2) is 7.22. The number of aromatic nitrogens is 1. The third-order valence-corrected chi connectivity index (χ3v) is 3.49. The molecule has 2 aromatic rings. The first-order chi connectivity index (χ1) is 10.5. The van der Waals surface area contributed by atoms with Gasteiger partial charge in [-0.25, -0.2) is 0 Å². The van der Waals surface area contributed by atoms with E-state index in [0.29, 0.717) is 12.3 Å². The first-order valence-electron chi connectivity index (χ1n) is 6.64. The number of carboxylic acids is 1. The largest absolute Gasteiger partial charge is 0.481 e. The van der Waals surface area contributed by atoms with E-state index in [1.807, 2.05) is 24.3 Å². The van der Waals surface area contributed by atoms with Gasteiger partial charge in [-0.3, -0.25) is 9.59 Å². The van der Waals surface area contributed by atoms with Crippen molar-refractivity contribution < 1.29 is 19.2 Å². The maximum atomic E-state index is 12.5. The Morgan fingerprint density at radius 1 is 1.36 bits per heavy atom. The number of rotatable bonds is 6. The molecule has 116 valence electrons. The van der Waals surface area contributed by atoms with E-state index in [1.165, 1.54) is 11.0 Å². The molecule has 0 saturated heterocycles. The Morgan fingerprint density at radius 3 is 2.73 bits per heavy atom. The summed E-state index contributed by atoms with van der Waals surface area (Å²) < 4.78 is 5.81. The highest BCUT2D eigenvalue weighted by Crippen LogP contribution is 2.15. The van der Waals surface area contributed by atoms with E-state index in [1.54, 1.807) is 6.92 Å². The standard InChI is InChI=1S/C15H15BrN2O4/c1-10-7-13(17-22-10)15(21)18(6-5-14(19)20)9-11-3-2-4-12(16)8-11/h2-4,7-8H,5-6,9H2,1H3,(H,19,20). The van der Waals surface area contributed by atoms with Crippen molar-refractivity contribution in [1.82, 2.24) is 10.1 Å². The maximum absolute atomic E-state index is 12.5. The lowest BCUT2D eigenvalue weighted by atomic mass is 10.2. The van der Waals surface area contributed by atoms with Gasteiger partial charge in [0.15, 0.2) is 5.69 Å².